The molecule has 0 atom stereocenters. The molecule has 1 aliphatic rings. The number of amides is 2. The number of carbonyl (C=O) groups is 3. The van der Waals surface area contributed by atoms with Gasteiger partial charge in [0.1, 0.15) is 0 Å². The van der Waals surface area contributed by atoms with Gasteiger partial charge in [-0.15, -0.1) is 0 Å². The van der Waals surface area contributed by atoms with Crippen LogP contribution in [-0.2, 0) is 24.2 Å². The second-order valence-corrected chi connectivity index (χ2v) is 7.78. The molecule has 3 aromatic rings. The number of aryl methyl sites for hydroxylation is 3. The summed E-state index contributed by atoms with van der Waals surface area (Å²) in [6.07, 6.45) is 3.12. The van der Waals surface area contributed by atoms with Crippen LogP contribution in [0.4, 0.5) is 0 Å². The molecule has 0 fully saturated rings. The van der Waals surface area contributed by atoms with Gasteiger partial charge in [0.15, 0.2) is 11.5 Å². The van der Waals surface area contributed by atoms with Crippen molar-refractivity contribution in [3.05, 3.63) is 75.2 Å². The standard InChI is InChI=1S/C24H24N4O4/c1-2-28-24(32)19-9-4-3-8-18(19)22(27-28)23(31)26-25-21(30)13-12-20(29)17-11-10-15-6-5-7-16(15)14-17/h3-4,8-11,14H,2,5-7,12-13H2,1H3,(H,25,30)(H,26,31). The SMILES string of the molecule is CCn1nc(C(=O)NNC(=O)CCC(=O)c2ccc3c(c2)CCC3)c2ccccc2c1=O. The van der Waals surface area contributed by atoms with Crippen LogP contribution in [0.15, 0.2) is 47.3 Å². The predicted molar refractivity (Wildman–Crippen MR) is 119 cm³/mol. The fourth-order valence-corrected chi connectivity index (χ4v) is 3.98. The maximum atomic E-state index is 12.6. The number of hydrazine groups is 1. The summed E-state index contributed by atoms with van der Waals surface area (Å²) in [5.41, 5.74) is 7.52. The lowest BCUT2D eigenvalue weighted by Crippen LogP contribution is -2.42. The first kappa shape index (κ1) is 21.4. The Labute approximate surface area is 184 Å². The van der Waals surface area contributed by atoms with Crippen molar-refractivity contribution in [2.75, 3.05) is 0 Å². The van der Waals surface area contributed by atoms with E-state index in [2.05, 4.69) is 16.0 Å². The second-order valence-electron chi connectivity index (χ2n) is 7.78. The van der Waals surface area contributed by atoms with E-state index >= 15 is 0 Å². The molecular weight excluding hydrogens is 408 g/mol. The first-order chi connectivity index (χ1) is 15.5. The predicted octanol–water partition coefficient (Wildman–Crippen LogP) is 2.33. The van der Waals surface area contributed by atoms with E-state index in [1.54, 1.807) is 31.2 Å². The zero-order valence-electron chi connectivity index (χ0n) is 17.8. The molecule has 0 spiro atoms. The summed E-state index contributed by atoms with van der Waals surface area (Å²) in [5.74, 6) is -1.23. The minimum absolute atomic E-state index is 0.0385. The van der Waals surface area contributed by atoms with E-state index in [9.17, 15) is 19.2 Å². The van der Waals surface area contributed by atoms with E-state index in [0.717, 1.165) is 19.3 Å². The lowest BCUT2D eigenvalue weighted by Gasteiger charge is -2.11. The molecule has 0 radical (unpaired) electrons. The minimum atomic E-state index is -0.637. The van der Waals surface area contributed by atoms with E-state index in [1.807, 2.05) is 18.2 Å². The molecule has 1 heterocycles. The Balaban J connectivity index is 1.37. The Kier molecular flexibility index (Phi) is 6.11. The number of rotatable bonds is 6. The number of aromatic nitrogens is 2. The van der Waals surface area contributed by atoms with E-state index in [0.29, 0.717) is 22.9 Å². The first-order valence-electron chi connectivity index (χ1n) is 10.7. The van der Waals surface area contributed by atoms with E-state index in [-0.39, 0.29) is 29.9 Å². The summed E-state index contributed by atoms with van der Waals surface area (Å²) in [6.45, 7) is 2.06. The third-order valence-electron chi connectivity index (χ3n) is 5.70. The molecular formula is C24H24N4O4. The zero-order chi connectivity index (χ0) is 22.7. The number of benzene rings is 2. The molecule has 0 saturated heterocycles. The molecule has 2 aromatic carbocycles. The highest BCUT2D eigenvalue weighted by molar-refractivity contribution is 6.05. The van der Waals surface area contributed by atoms with Gasteiger partial charge >= 0.3 is 0 Å². The molecule has 1 aromatic heterocycles. The van der Waals surface area contributed by atoms with Gasteiger partial charge in [0.05, 0.1) is 5.39 Å². The highest BCUT2D eigenvalue weighted by Gasteiger charge is 2.18. The van der Waals surface area contributed by atoms with Crippen molar-refractivity contribution in [3.8, 4) is 0 Å². The van der Waals surface area contributed by atoms with Crippen molar-refractivity contribution >= 4 is 28.4 Å². The van der Waals surface area contributed by atoms with Crippen LogP contribution in [0.25, 0.3) is 10.8 Å². The fraction of sp³-hybridized carbons (Fsp3) is 0.292. The van der Waals surface area contributed by atoms with Crippen molar-refractivity contribution in [2.24, 2.45) is 0 Å². The summed E-state index contributed by atoms with van der Waals surface area (Å²) in [5, 5.41) is 4.91. The summed E-state index contributed by atoms with van der Waals surface area (Å²) in [4.78, 5) is 49.7. The summed E-state index contributed by atoms with van der Waals surface area (Å²) >= 11 is 0. The van der Waals surface area contributed by atoms with Gasteiger partial charge < -0.3 is 0 Å². The first-order valence-corrected chi connectivity index (χ1v) is 10.7. The highest BCUT2D eigenvalue weighted by atomic mass is 16.2. The summed E-state index contributed by atoms with van der Waals surface area (Å²) in [7, 11) is 0. The van der Waals surface area contributed by atoms with Crippen molar-refractivity contribution < 1.29 is 14.4 Å². The summed E-state index contributed by atoms with van der Waals surface area (Å²) in [6, 6.07) is 12.4. The van der Waals surface area contributed by atoms with Crippen LogP contribution >= 0.6 is 0 Å². The molecule has 32 heavy (non-hydrogen) atoms. The van der Waals surface area contributed by atoms with Crippen LogP contribution in [0.3, 0.4) is 0 Å². The van der Waals surface area contributed by atoms with Crippen molar-refractivity contribution in [1.82, 2.24) is 20.6 Å². The molecule has 0 unspecified atom stereocenters. The molecule has 4 rings (SSSR count). The minimum Gasteiger partial charge on any atom is -0.294 e. The maximum absolute atomic E-state index is 12.6. The Morgan fingerprint density at radius 3 is 2.50 bits per heavy atom. The number of carbonyl (C=O) groups excluding carboxylic acids is 3. The Morgan fingerprint density at radius 1 is 0.969 bits per heavy atom. The smallest absolute Gasteiger partial charge is 0.290 e. The van der Waals surface area contributed by atoms with E-state index in [4.69, 9.17) is 0 Å². The topological polar surface area (TPSA) is 110 Å². The van der Waals surface area contributed by atoms with Crippen LogP contribution in [0, 0.1) is 0 Å². The number of nitrogens with zero attached hydrogens (tertiary/aromatic N) is 2. The van der Waals surface area contributed by atoms with Crippen molar-refractivity contribution in [3.63, 3.8) is 0 Å². The molecule has 0 aliphatic heterocycles. The monoisotopic (exact) mass is 432 g/mol. The fourth-order valence-electron chi connectivity index (χ4n) is 3.98. The van der Waals surface area contributed by atoms with Gasteiger partial charge in [-0.3, -0.25) is 30.0 Å². The van der Waals surface area contributed by atoms with Gasteiger partial charge in [-0.05, 0) is 49.4 Å². The molecule has 164 valence electrons. The number of hydrogen-bond donors (Lipinski definition) is 2. The van der Waals surface area contributed by atoms with Crippen molar-refractivity contribution in [1.29, 1.82) is 0 Å². The number of hydrogen-bond acceptors (Lipinski definition) is 5. The number of Topliss-reactive ketones (excluding diaryl/α,β-unsaturated/α-hetero) is 1. The maximum Gasteiger partial charge on any atom is 0.290 e. The third kappa shape index (κ3) is 4.30. The van der Waals surface area contributed by atoms with Crippen molar-refractivity contribution in [2.45, 2.75) is 45.6 Å². The van der Waals surface area contributed by atoms with E-state index in [1.165, 1.54) is 15.8 Å². The van der Waals surface area contributed by atoms with Gasteiger partial charge in [-0.2, -0.15) is 5.10 Å². The quantitative estimate of drug-likeness (QED) is 0.459. The Bertz CT molecular complexity index is 1280. The van der Waals surface area contributed by atoms with E-state index < -0.39 is 11.8 Å². The normalized spacial score (nSPS) is 12.4. The molecule has 8 nitrogen and oxygen atoms in total. The average Bonchev–Trinajstić information content (AvgIpc) is 3.29. The molecule has 2 amide bonds. The van der Waals surface area contributed by atoms with Gasteiger partial charge in [0.25, 0.3) is 11.5 Å². The lowest BCUT2D eigenvalue weighted by atomic mass is 10.0. The lowest BCUT2D eigenvalue weighted by molar-refractivity contribution is -0.121. The van der Waals surface area contributed by atoms with Gasteiger partial charge in [-0.1, -0.05) is 30.3 Å². The van der Waals surface area contributed by atoms with Crippen LogP contribution in [-0.4, -0.2) is 27.4 Å². The zero-order valence-corrected chi connectivity index (χ0v) is 17.8. The van der Waals surface area contributed by atoms with Gasteiger partial charge in [0.2, 0.25) is 5.91 Å². The number of ketones is 1. The number of fused-ring (bicyclic) bond motifs is 2. The average molecular weight is 432 g/mol. The Morgan fingerprint density at radius 2 is 1.72 bits per heavy atom. The van der Waals surface area contributed by atoms with Crippen LogP contribution in [0.1, 0.15) is 58.2 Å². The van der Waals surface area contributed by atoms with Crippen LogP contribution in [0.5, 0.6) is 0 Å². The van der Waals surface area contributed by atoms with Gasteiger partial charge in [0, 0.05) is 30.3 Å². The molecule has 0 bridgehead atoms. The molecule has 8 heteroatoms. The molecule has 2 N–H and O–H groups in total. The molecule has 1 aliphatic carbocycles. The van der Waals surface area contributed by atoms with Gasteiger partial charge in [-0.25, -0.2) is 4.68 Å². The highest BCUT2D eigenvalue weighted by Crippen LogP contribution is 2.23. The summed E-state index contributed by atoms with van der Waals surface area (Å²) < 4.78 is 1.20. The molecule has 0 saturated carbocycles. The van der Waals surface area contributed by atoms with Crippen LogP contribution < -0.4 is 16.4 Å². The number of nitrogens with one attached hydrogen (secondary N) is 2. The Hall–Kier alpha value is -3.81. The second kappa shape index (κ2) is 9.13. The van der Waals surface area contributed by atoms with Crippen LogP contribution in [0.2, 0.25) is 0 Å². The third-order valence-corrected chi connectivity index (χ3v) is 5.70. The largest absolute Gasteiger partial charge is 0.294 e.